The van der Waals surface area contributed by atoms with Gasteiger partial charge in [0.2, 0.25) is 0 Å². The average Bonchev–Trinajstić information content (AvgIpc) is 3.07. The quantitative estimate of drug-likeness (QED) is 0.834. The van der Waals surface area contributed by atoms with Gasteiger partial charge in [-0.3, -0.25) is 4.79 Å². The second-order valence-electron chi connectivity index (χ2n) is 5.18. The lowest BCUT2D eigenvalue weighted by molar-refractivity contribution is 0.0939. The molecule has 1 fully saturated rings. The maximum Gasteiger partial charge on any atom is 0.252 e. The largest absolute Gasteiger partial charge is 0.351 e. The smallest absolute Gasteiger partial charge is 0.252 e. The van der Waals surface area contributed by atoms with E-state index in [4.69, 9.17) is 0 Å². The minimum atomic E-state index is 0.0573. The van der Waals surface area contributed by atoms with Gasteiger partial charge in [-0.05, 0) is 58.9 Å². The minimum absolute atomic E-state index is 0.0573. The first-order chi connectivity index (χ1) is 8.05. The van der Waals surface area contributed by atoms with Crippen LogP contribution in [-0.4, -0.2) is 12.5 Å². The van der Waals surface area contributed by atoms with Crippen LogP contribution in [0.5, 0.6) is 0 Å². The molecule has 0 unspecified atom stereocenters. The van der Waals surface area contributed by atoms with E-state index in [0.717, 1.165) is 15.7 Å². The second kappa shape index (κ2) is 4.96. The average molecular weight is 343 g/mol. The van der Waals surface area contributed by atoms with Gasteiger partial charge in [-0.15, -0.1) is 0 Å². The Balaban J connectivity index is 1.97. The minimum Gasteiger partial charge on any atom is -0.351 e. The highest BCUT2D eigenvalue weighted by atomic mass is 127. The van der Waals surface area contributed by atoms with Crippen molar-refractivity contribution in [3.63, 3.8) is 0 Å². The molecule has 0 radical (unpaired) electrons. The lowest BCUT2D eigenvalue weighted by atomic mass is 9.92. The van der Waals surface area contributed by atoms with Crippen molar-refractivity contribution in [2.75, 3.05) is 6.54 Å². The maximum absolute atomic E-state index is 12.0. The molecule has 0 heterocycles. The molecule has 1 aromatic rings. The monoisotopic (exact) mass is 343 g/mol. The van der Waals surface area contributed by atoms with E-state index in [-0.39, 0.29) is 5.91 Å². The van der Waals surface area contributed by atoms with Gasteiger partial charge >= 0.3 is 0 Å². The zero-order valence-corrected chi connectivity index (χ0v) is 12.5. The van der Waals surface area contributed by atoms with Crippen molar-refractivity contribution >= 4 is 28.5 Å². The highest BCUT2D eigenvalue weighted by Crippen LogP contribution is 2.51. The van der Waals surface area contributed by atoms with Crippen LogP contribution in [0.15, 0.2) is 24.3 Å². The first-order valence-electron chi connectivity index (χ1n) is 6.08. The molecular weight excluding hydrogens is 325 g/mol. The van der Waals surface area contributed by atoms with Crippen LogP contribution < -0.4 is 5.32 Å². The second-order valence-corrected chi connectivity index (χ2v) is 6.34. The molecule has 92 valence electrons. The Labute approximate surface area is 116 Å². The van der Waals surface area contributed by atoms with Crippen molar-refractivity contribution in [3.8, 4) is 0 Å². The predicted octanol–water partition coefficient (Wildman–Crippen LogP) is 3.46. The molecule has 17 heavy (non-hydrogen) atoms. The van der Waals surface area contributed by atoms with E-state index in [1.54, 1.807) is 0 Å². The van der Waals surface area contributed by atoms with E-state index >= 15 is 0 Å². The van der Waals surface area contributed by atoms with Crippen LogP contribution in [0.4, 0.5) is 0 Å². The first kappa shape index (κ1) is 12.9. The van der Waals surface area contributed by atoms with Gasteiger partial charge in [0.1, 0.15) is 0 Å². The molecule has 0 spiro atoms. The number of amides is 1. The number of carbonyl (C=O) groups is 1. The zero-order chi connectivity index (χ0) is 12.5. The Bertz CT molecular complexity index is 424. The Hall–Kier alpha value is -0.580. The summed E-state index contributed by atoms with van der Waals surface area (Å²) in [6.45, 7) is 5.30. The van der Waals surface area contributed by atoms with Gasteiger partial charge in [-0.25, -0.2) is 0 Å². The molecule has 2 rings (SSSR count). The highest BCUT2D eigenvalue weighted by Gasteiger charge is 2.45. The lowest BCUT2D eigenvalue weighted by Gasteiger charge is -2.20. The van der Waals surface area contributed by atoms with Crippen molar-refractivity contribution < 1.29 is 4.79 Å². The van der Waals surface area contributed by atoms with Crippen LogP contribution in [-0.2, 0) is 0 Å². The highest BCUT2D eigenvalue weighted by molar-refractivity contribution is 14.1. The summed E-state index contributed by atoms with van der Waals surface area (Å²) in [6, 6.07) is 7.71. The third-order valence-corrected chi connectivity index (χ3v) is 4.78. The normalized spacial score (nSPS) is 16.9. The summed E-state index contributed by atoms with van der Waals surface area (Å²) >= 11 is 2.20. The van der Waals surface area contributed by atoms with Crippen molar-refractivity contribution in [1.29, 1.82) is 0 Å². The molecule has 1 N–H and O–H groups in total. The zero-order valence-electron chi connectivity index (χ0n) is 10.3. The van der Waals surface area contributed by atoms with E-state index in [0.29, 0.717) is 11.3 Å². The van der Waals surface area contributed by atoms with Crippen molar-refractivity contribution in [3.05, 3.63) is 33.4 Å². The van der Waals surface area contributed by atoms with Crippen molar-refractivity contribution in [1.82, 2.24) is 5.32 Å². The molecule has 0 aliphatic heterocycles. The number of benzene rings is 1. The van der Waals surface area contributed by atoms with Crippen LogP contribution in [0.25, 0.3) is 0 Å². The third kappa shape index (κ3) is 2.81. The number of nitrogens with one attached hydrogen (secondary N) is 1. The molecular formula is C14H18INO. The summed E-state index contributed by atoms with van der Waals surface area (Å²) in [6.07, 6.45) is 2.49. The topological polar surface area (TPSA) is 29.1 Å². The van der Waals surface area contributed by atoms with Gasteiger partial charge in [0.15, 0.2) is 0 Å². The van der Waals surface area contributed by atoms with Crippen LogP contribution in [0, 0.1) is 14.9 Å². The van der Waals surface area contributed by atoms with Crippen molar-refractivity contribution in [2.24, 2.45) is 11.3 Å². The maximum atomic E-state index is 12.0. The van der Waals surface area contributed by atoms with E-state index in [1.807, 2.05) is 24.3 Å². The van der Waals surface area contributed by atoms with Crippen LogP contribution in [0.1, 0.15) is 37.0 Å². The molecule has 1 aliphatic carbocycles. The molecule has 1 aromatic carbocycles. The summed E-state index contributed by atoms with van der Waals surface area (Å²) in [5.74, 6) is 0.708. The van der Waals surface area contributed by atoms with Gasteiger partial charge in [0, 0.05) is 10.1 Å². The van der Waals surface area contributed by atoms with E-state index in [9.17, 15) is 4.79 Å². The summed E-state index contributed by atoms with van der Waals surface area (Å²) in [5.41, 5.74) is 1.16. The Morgan fingerprint density at radius 1 is 1.41 bits per heavy atom. The fraction of sp³-hybridized carbons (Fsp3) is 0.500. The van der Waals surface area contributed by atoms with Gasteiger partial charge in [0.25, 0.3) is 5.91 Å². The predicted molar refractivity (Wildman–Crippen MR) is 78.0 cm³/mol. The third-order valence-electron chi connectivity index (χ3n) is 3.84. The SMILES string of the molecule is CC(C)C1(CNC(=O)c2ccccc2I)CC1. The van der Waals surface area contributed by atoms with Gasteiger partial charge in [-0.2, -0.15) is 0 Å². The number of hydrogen-bond acceptors (Lipinski definition) is 1. The van der Waals surface area contributed by atoms with Gasteiger partial charge in [0.05, 0.1) is 5.56 Å². The Morgan fingerprint density at radius 2 is 2.06 bits per heavy atom. The molecule has 0 atom stereocenters. The van der Waals surface area contributed by atoms with Crippen LogP contribution in [0.3, 0.4) is 0 Å². The standard InChI is InChI=1S/C14H18INO/c1-10(2)14(7-8-14)9-16-13(17)11-5-3-4-6-12(11)15/h3-6,10H,7-9H2,1-2H3,(H,16,17). The van der Waals surface area contributed by atoms with E-state index in [2.05, 4.69) is 41.8 Å². The summed E-state index contributed by atoms with van der Waals surface area (Å²) in [4.78, 5) is 12.0. The van der Waals surface area contributed by atoms with E-state index < -0.39 is 0 Å². The molecule has 0 saturated heterocycles. The Morgan fingerprint density at radius 3 is 2.59 bits per heavy atom. The molecule has 2 nitrogen and oxygen atoms in total. The molecule has 0 bridgehead atoms. The molecule has 1 aliphatic rings. The lowest BCUT2D eigenvalue weighted by Crippen LogP contribution is -2.32. The van der Waals surface area contributed by atoms with Crippen molar-refractivity contribution in [2.45, 2.75) is 26.7 Å². The van der Waals surface area contributed by atoms with Gasteiger partial charge < -0.3 is 5.32 Å². The Kier molecular flexibility index (Phi) is 3.76. The molecule has 1 saturated carbocycles. The van der Waals surface area contributed by atoms with Crippen LogP contribution >= 0.6 is 22.6 Å². The fourth-order valence-electron chi connectivity index (χ4n) is 2.12. The number of carbonyl (C=O) groups excluding carboxylic acids is 1. The summed E-state index contributed by atoms with van der Waals surface area (Å²) in [5, 5.41) is 3.08. The number of halogens is 1. The summed E-state index contributed by atoms with van der Waals surface area (Å²) < 4.78 is 1.01. The number of rotatable bonds is 4. The molecule has 0 aromatic heterocycles. The van der Waals surface area contributed by atoms with Gasteiger partial charge in [-0.1, -0.05) is 26.0 Å². The summed E-state index contributed by atoms with van der Waals surface area (Å²) in [7, 11) is 0. The molecule has 1 amide bonds. The number of hydrogen-bond donors (Lipinski definition) is 1. The van der Waals surface area contributed by atoms with Crippen LogP contribution in [0.2, 0.25) is 0 Å². The fourth-order valence-corrected chi connectivity index (χ4v) is 2.75. The first-order valence-corrected chi connectivity index (χ1v) is 7.16. The molecule has 3 heteroatoms. The van der Waals surface area contributed by atoms with E-state index in [1.165, 1.54) is 12.8 Å².